The number of carbonyl (C=O) groups is 1. The average molecular weight is 408 g/mol. The van der Waals surface area contributed by atoms with Gasteiger partial charge in [-0.15, -0.1) is 0 Å². The monoisotopic (exact) mass is 408 g/mol. The van der Waals surface area contributed by atoms with Crippen LogP contribution in [0.4, 0.5) is 10.1 Å². The normalized spacial score (nSPS) is 11.1. The number of anilines is 1. The van der Waals surface area contributed by atoms with Crippen molar-refractivity contribution in [3.8, 4) is 5.75 Å². The lowest BCUT2D eigenvalue weighted by Crippen LogP contribution is -2.33. The van der Waals surface area contributed by atoms with E-state index in [1.165, 1.54) is 18.2 Å². The molecule has 0 unspecified atom stereocenters. The fraction of sp³-hybridized carbons (Fsp3) is 0.350. The zero-order chi connectivity index (χ0) is 20.7. The molecule has 0 radical (unpaired) electrons. The molecule has 8 heteroatoms. The molecule has 0 heterocycles. The first-order valence-corrected chi connectivity index (χ1v) is 10.7. The fourth-order valence-corrected chi connectivity index (χ4v) is 3.83. The van der Waals surface area contributed by atoms with Crippen molar-refractivity contribution in [1.82, 2.24) is 4.90 Å². The van der Waals surface area contributed by atoms with Crippen LogP contribution in [0.1, 0.15) is 18.4 Å². The van der Waals surface area contributed by atoms with Gasteiger partial charge in [0.2, 0.25) is 15.9 Å². The van der Waals surface area contributed by atoms with Crippen molar-refractivity contribution in [2.75, 3.05) is 31.3 Å². The van der Waals surface area contributed by atoms with Gasteiger partial charge < -0.3 is 9.64 Å². The molecule has 0 spiro atoms. The van der Waals surface area contributed by atoms with Gasteiger partial charge in [0.1, 0.15) is 11.6 Å². The van der Waals surface area contributed by atoms with Crippen molar-refractivity contribution in [2.45, 2.75) is 19.4 Å². The van der Waals surface area contributed by atoms with Crippen LogP contribution in [0.5, 0.6) is 5.75 Å². The maximum absolute atomic E-state index is 14.0. The summed E-state index contributed by atoms with van der Waals surface area (Å²) in [7, 11) is -0.411. The largest absolute Gasteiger partial charge is 0.496 e. The molecule has 2 rings (SSSR count). The van der Waals surface area contributed by atoms with E-state index in [9.17, 15) is 17.6 Å². The summed E-state index contributed by atoms with van der Waals surface area (Å²) in [4.78, 5) is 14.0. The van der Waals surface area contributed by atoms with Crippen LogP contribution in [0.25, 0.3) is 0 Å². The molecule has 0 aliphatic heterocycles. The second-order valence-corrected chi connectivity index (χ2v) is 8.36. The number of halogens is 1. The van der Waals surface area contributed by atoms with Gasteiger partial charge in [-0.3, -0.25) is 9.10 Å². The summed E-state index contributed by atoms with van der Waals surface area (Å²) in [5.41, 5.74) is 0.866. The van der Waals surface area contributed by atoms with Gasteiger partial charge in [0.15, 0.2) is 0 Å². The van der Waals surface area contributed by atoms with E-state index in [1.54, 1.807) is 25.1 Å². The van der Waals surface area contributed by atoms with Crippen LogP contribution in [0, 0.1) is 5.82 Å². The minimum absolute atomic E-state index is 0.0141. The van der Waals surface area contributed by atoms with E-state index < -0.39 is 15.8 Å². The van der Waals surface area contributed by atoms with Gasteiger partial charge in [0.05, 0.1) is 19.1 Å². The molecule has 6 nitrogen and oxygen atoms in total. The number of sulfonamides is 1. The first-order chi connectivity index (χ1) is 13.2. The van der Waals surface area contributed by atoms with Gasteiger partial charge >= 0.3 is 0 Å². The topological polar surface area (TPSA) is 66.9 Å². The minimum atomic E-state index is -3.66. The van der Waals surface area contributed by atoms with Gasteiger partial charge in [0.25, 0.3) is 0 Å². The molecule has 28 heavy (non-hydrogen) atoms. The molecule has 2 aromatic rings. The van der Waals surface area contributed by atoms with Crippen molar-refractivity contribution in [2.24, 2.45) is 0 Å². The van der Waals surface area contributed by atoms with Crippen molar-refractivity contribution in [3.05, 3.63) is 59.9 Å². The lowest BCUT2D eigenvalue weighted by molar-refractivity contribution is -0.130. The minimum Gasteiger partial charge on any atom is -0.496 e. The molecule has 2 aromatic carbocycles. The highest BCUT2D eigenvalue weighted by molar-refractivity contribution is 7.92. The molecule has 0 aromatic heterocycles. The highest BCUT2D eigenvalue weighted by Crippen LogP contribution is 2.22. The number of carbonyl (C=O) groups excluding carboxylic acids is 1. The predicted molar refractivity (Wildman–Crippen MR) is 107 cm³/mol. The second-order valence-electron chi connectivity index (χ2n) is 6.45. The molecule has 0 saturated heterocycles. The van der Waals surface area contributed by atoms with E-state index in [-0.39, 0.29) is 31.0 Å². The lowest BCUT2D eigenvalue weighted by Gasteiger charge is -2.23. The number of ether oxygens (including phenoxy) is 1. The number of amides is 1. The Morgan fingerprint density at radius 2 is 1.75 bits per heavy atom. The molecule has 0 saturated carbocycles. The Hall–Kier alpha value is -2.61. The van der Waals surface area contributed by atoms with E-state index in [2.05, 4.69) is 0 Å². The molecule has 0 aliphatic carbocycles. The van der Waals surface area contributed by atoms with Crippen molar-refractivity contribution >= 4 is 21.6 Å². The molecule has 1 amide bonds. The summed E-state index contributed by atoms with van der Waals surface area (Å²) < 4.78 is 44.4. The number of methoxy groups -OCH3 is 1. The number of para-hydroxylation sites is 2. The van der Waals surface area contributed by atoms with Crippen LogP contribution in [0.3, 0.4) is 0 Å². The first-order valence-electron chi connectivity index (χ1n) is 8.82. The Kier molecular flexibility index (Phi) is 7.39. The SMILES string of the molecule is COc1ccccc1CN(C)C(=O)CCCN(c1ccccc1F)S(C)(=O)=O. The molecule has 0 bridgehead atoms. The number of hydrogen-bond acceptors (Lipinski definition) is 4. The van der Waals surface area contributed by atoms with E-state index >= 15 is 0 Å². The van der Waals surface area contributed by atoms with Crippen LogP contribution in [-0.2, 0) is 21.4 Å². The zero-order valence-electron chi connectivity index (χ0n) is 16.3. The molecule has 0 N–H and O–H groups in total. The van der Waals surface area contributed by atoms with Crippen molar-refractivity contribution in [3.63, 3.8) is 0 Å². The summed E-state index contributed by atoms with van der Waals surface area (Å²) in [5.74, 6) is -0.0506. The number of hydrogen-bond donors (Lipinski definition) is 0. The van der Waals surface area contributed by atoms with Gasteiger partial charge in [0, 0.05) is 32.1 Å². The molecular weight excluding hydrogens is 383 g/mol. The predicted octanol–water partition coefficient (Wildman–Crippen LogP) is 3.04. The number of benzene rings is 2. The first kappa shape index (κ1) is 21.7. The Morgan fingerprint density at radius 3 is 2.39 bits per heavy atom. The van der Waals surface area contributed by atoms with E-state index in [0.29, 0.717) is 12.3 Å². The van der Waals surface area contributed by atoms with Crippen LogP contribution < -0.4 is 9.04 Å². The highest BCUT2D eigenvalue weighted by atomic mass is 32.2. The molecule has 0 aliphatic rings. The van der Waals surface area contributed by atoms with Crippen LogP contribution >= 0.6 is 0 Å². The van der Waals surface area contributed by atoms with Gasteiger partial charge in [-0.25, -0.2) is 12.8 Å². The molecular formula is C20H25FN2O4S. The smallest absolute Gasteiger partial charge is 0.232 e. The number of nitrogens with zero attached hydrogens (tertiary/aromatic N) is 2. The second kappa shape index (κ2) is 9.54. The number of rotatable bonds is 9. The van der Waals surface area contributed by atoms with Gasteiger partial charge in [-0.2, -0.15) is 0 Å². The highest BCUT2D eigenvalue weighted by Gasteiger charge is 2.21. The quantitative estimate of drug-likeness (QED) is 0.640. The Morgan fingerprint density at radius 1 is 1.11 bits per heavy atom. The molecule has 0 fully saturated rings. The van der Waals surface area contributed by atoms with Gasteiger partial charge in [-0.1, -0.05) is 30.3 Å². The Bertz CT molecular complexity index is 918. The van der Waals surface area contributed by atoms with Crippen LogP contribution in [0.2, 0.25) is 0 Å². The van der Waals surface area contributed by atoms with Crippen molar-refractivity contribution in [1.29, 1.82) is 0 Å². The third-order valence-corrected chi connectivity index (χ3v) is 5.48. The molecule has 0 atom stereocenters. The van der Waals surface area contributed by atoms with E-state index in [4.69, 9.17) is 4.74 Å². The maximum atomic E-state index is 14.0. The fourth-order valence-electron chi connectivity index (χ4n) is 2.86. The zero-order valence-corrected chi connectivity index (χ0v) is 17.1. The lowest BCUT2D eigenvalue weighted by atomic mass is 10.2. The summed E-state index contributed by atoms with van der Waals surface area (Å²) in [6, 6.07) is 13.1. The third kappa shape index (κ3) is 5.69. The van der Waals surface area contributed by atoms with Gasteiger partial charge in [-0.05, 0) is 24.6 Å². The summed E-state index contributed by atoms with van der Waals surface area (Å²) >= 11 is 0. The Labute approximate surface area is 165 Å². The molecule has 152 valence electrons. The van der Waals surface area contributed by atoms with E-state index in [0.717, 1.165) is 16.1 Å². The summed E-state index contributed by atoms with van der Waals surface area (Å²) in [6.07, 6.45) is 1.44. The van der Waals surface area contributed by atoms with E-state index in [1.807, 2.05) is 24.3 Å². The maximum Gasteiger partial charge on any atom is 0.232 e. The summed E-state index contributed by atoms with van der Waals surface area (Å²) in [5, 5.41) is 0. The van der Waals surface area contributed by atoms with Crippen molar-refractivity contribution < 1.29 is 22.3 Å². The third-order valence-electron chi connectivity index (χ3n) is 4.30. The average Bonchev–Trinajstić information content (AvgIpc) is 2.65. The van der Waals surface area contributed by atoms with Crippen LogP contribution in [-0.4, -0.2) is 46.2 Å². The Balaban J connectivity index is 1.98. The van der Waals surface area contributed by atoms with Crippen LogP contribution in [0.15, 0.2) is 48.5 Å². The standard InChI is InChI=1S/C20H25FN2O4S/c1-22(15-16-9-4-7-12-19(16)27-2)20(24)13-8-14-23(28(3,25)26)18-11-6-5-10-17(18)21/h4-7,9-12H,8,13-15H2,1-3H3. The summed E-state index contributed by atoms with van der Waals surface area (Å²) in [6.45, 7) is 0.403.